The maximum Gasteiger partial charge on any atom is 0.216 e. The van der Waals surface area contributed by atoms with E-state index in [0.717, 1.165) is 55.4 Å². The van der Waals surface area contributed by atoms with Crippen LogP contribution < -0.4 is 4.57 Å². The number of rotatable bonds is 4. The van der Waals surface area contributed by atoms with E-state index in [0.29, 0.717) is 17.1 Å². The van der Waals surface area contributed by atoms with Crippen molar-refractivity contribution < 1.29 is 13.4 Å². The number of nitrogens with zero attached hydrogens (tertiary/aromatic N) is 1. The number of hydrogen-bond donors (Lipinski definition) is 0. The molecule has 0 N–H and O–H groups in total. The third-order valence-corrected chi connectivity index (χ3v) is 7.67. The quantitative estimate of drug-likeness (QED) is 0.220. The summed E-state index contributed by atoms with van der Waals surface area (Å²) in [7, 11) is 2.06. The minimum absolute atomic E-state index is 0.280. The first kappa shape index (κ1) is 24.1. The van der Waals surface area contributed by atoms with Gasteiger partial charge in [-0.1, -0.05) is 74.5 Å². The van der Waals surface area contributed by atoms with Gasteiger partial charge in [-0.25, -0.2) is 8.96 Å². The van der Waals surface area contributed by atoms with E-state index in [2.05, 4.69) is 87.1 Å². The van der Waals surface area contributed by atoms with Gasteiger partial charge in [0.1, 0.15) is 24.0 Å². The molecule has 6 aromatic rings. The normalized spacial score (nSPS) is 11.7. The largest absolute Gasteiger partial charge is 0.454 e. The summed E-state index contributed by atoms with van der Waals surface area (Å²) in [4.78, 5) is 0. The molecule has 0 saturated carbocycles. The Morgan fingerprint density at radius 3 is 2.13 bits per heavy atom. The summed E-state index contributed by atoms with van der Waals surface area (Å²) in [5.74, 6) is 0.130. The Morgan fingerprint density at radius 2 is 1.42 bits per heavy atom. The zero-order valence-corrected chi connectivity index (χ0v) is 22.5. The minimum atomic E-state index is -0.280. The maximum absolute atomic E-state index is 15.6. The predicted octanol–water partition coefficient (Wildman–Crippen LogP) is 9.29. The van der Waals surface area contributed by atoms with Crippen molar-refractivity contribution in [2.45, 2.75) is 33.6 Å². The molecule has 0 aliphatic carbocycles. The number of benzene rings is 4. The molecule has 0 unspecified atom stereocenters. The number of furan rings is 1. The lowest BCUT2D eigenvalue weighted by molar-refractivity contribution is -0.660. The fourth-order valence-electron chi connectivity index (χ4n) is 5.50. The molecular formula is C35H31FNO+. The number of aromatic nitrogens is 1. The lowest BCUT2D eigenvalue weighted by atomic mass is 9.94. The monoisotopic (exact) mass is 500 g/mol. The van der Waals surface area contributed by atoms with Crippen LogP contribution >= 0.6 is 0 Å². The van der Waals surface area contributed by atoms with Crippen molar-refractivity contribution in [2.24, 2.45) is 7.05 Å². The zero-order chi connectivity index (χ0) is 26.6. The molecule has 0 saturated heterocycles. The fourth-order valence-corrected chi connectivity index (χ4v) is 5.50. The molecule has 4 aromatic carbocycles. The number of hydrogen-bond acceptors (Lipinski definition) is 1. The lowest BCUT2D eigenvalue weighted by Crippen LogP contribution is -2.31. The van der Waals surface area contributed by atoms with Gasteiger partial charge in [-0.3, -0.25) is 0 Å². The third-order valence-electron chi connectivity index (χ3n) is 7.67. The predicted molar refractivity (Wildman–Crippen MR) is 155 cm³/mol. The Kier molecular flexibility index (Phi) is 5.87. The van der Waals surface area contributed by atoms with E-state index in [4.69, 9.17) is 4.42 Å². The van der Waals surface area contributed by atoms with Gasteiger partial charge in [0.05, 0.1) is 11.1 Å². The summed E-state index contributed by atoms with van der Waals surface area (Å²) in [5.41, 5.74) is 10.5. The first-order valence-electron chi connectivity index (χ1n) is 13.1. The van der Waals surface area contributed by atoms with Crippen molar-refractivity contribution in [3.8, 4) is 33.5 Å². The van der Waals surface area contributed by atoms with Gasteiger partial charge in [-0.15, -0.1) is 0 Å². The second kappa shape index (κ2) is 9.25. The third kappa shape index (κ3) is 3.90. The van der Waals surface area contributed by atoms with Crippen molar-refractivity contribution >= 4 is 21.9 Å². The highest BCUT2D eigenvalue weighted by Gasteiger charge is 2.24. The molecule has 0 radical (unpaired) electrons. The molecule has 3 heteroatoms. The number of halogens is 1. The molecule has 38 heavy (non-hydrogen) atoms. The number of aryl methyl sites for hydroxylation is 3. The molecule has 0 atom stereocenters. The smallest absolute Gasteiger partial charge is 0.216 e. The summed E-state index contributed by atoms with van der Waals surface area (Å²) in [6.07, 6.45) is 2.11. The van der Waals surface area contributed by atoms with Gasteiger partial charge in [0.25, 0.3) is 0 Å². The SMILES string of the molecule is Cc1cc(-c2ccccc2)ccc1-c1c(F)ccc2c1oc1c(-c3cc(C(C)C)cc[n+]3C)c(C)ccc12. The van der Waals surface area contributed by atoms with Gasteiger partial charge in [-0.05, 0) is 65.3 Å². The van der Waals surface area contributed by atoms with E-state index < -0.39 is 0 Å². The van der Waals surface area contributed by atoms with Crippen LogP contribution in [-0.2, 0) is 7.05 Å². The first-order valence-corrected chi connectivity index (χ1v) is 13.1. The van der Waals surface area contributed by atoms with E-state index >= 15 is 4.39 Å². The van der Waals surface area contributed by atoms with E-state index in [1.54, 1.807) is 6.07 Å². The average molecular weight is 501 g/mol. The van der Waals surface area contributed by atoms with E-state index in [1.165, 1.54) is 5.56 Å². The Hall–Kier alpha value is -4.24. The van der Waals surface area contributed by atoms with E-state index in [-0.39, 0.29) is 5.82 Å². The van der Waals surface area contributed by atoms with E-state index in [1.807, 2.05) is 37.3 Å². The topological polar surface area (TPSA) is 17.0 Å². The molecule has 0 aliphatic rings. The zero-order valence-electron chi connectivity index (χ0n) is 22.5. The highest BCUT2D eigenvalue weighted by Crippen LogP contribution is 2.42. The Balaban J connectivity index is 1.60. The molecule has 2 heterocycles. The summed E-state index contributed by atoms with van der Waals surface area (Å²) >= 11 is 0. The van der Waals surface area contributed by atoms with Gasteiger partial charge in [0.2, 0.25) is 5.69 Å². The fraction of sp³-hybridized carbons (Fsp3) is 0.171. The van der Waals surface area contributed by atoms with Crippen molar-refractivity contribution in [3.63, 3.8) is 0 Å². The highest BCUT2D eigenvalue weighted by molar-refractivity contribution is 6.13. The van der Waals surface area contributed by atoms with Crippen LogP contribution in [-0.4, -0.2) is 0 Å². The van der Waals surface area contributed by atoms with Crippen LogP contribution in [0.15, 0.2) is 95.5 Å². The molecule has 0 spiro atoms. The standard InChI is InChI=1S/C35H31FNO/c1-21(2)25-17-18-37(5)31(20-25)32-22(3)11-13-28-29-15-16-30(36)33(35(29)38-34(28)32)27-14-12-26(19-23(27)4)24-9-7-6-8-10-24/h6-21H,1-5H3/q+1. The molecule has 188 valence electrons. The van der Waals surface area contributed by atoms with Gasteiger partial charge < -0.3 is 4.42 Å². The van der Waals surface area contributed by atoms with Crippen LogP contribution in [0.1, 0.15) is 36.5 Å². The molecule has 6 rings (SSSR count). The summed E-state index contributed by atoms with van der Waals surface area (Å²) in [6, 6.07) is 28.5. The van der Waals surface area contributed by atoms with Gasteiger partial charge >= 0.3 is 0 Å². The van der Waals surface area contributed by atoms with Gasteiger partial charge in [0.15, 0.2) is 6.20 Å². The first-order chi connectivity index (χ1) is 18.3. The molecule has 2 aromatic heterocycles. The van der Waals surface area contributed by atoms with Crippen LogP contribution in [0.3, 0.4) is 0 Å². The van der Waals surface area contributed by atoms with Crippen LogP contribution in [0, 0.1) is 19.7 Å². The lowest BCUT2D eigenvalue weighted by Gasteiger charge is -2.11. The molecule has 0 aliphatic heterocycles. The summed E-state index contributed by atoms with van der Waals surface area (Å²) in [6.45, 7) is 8.55. The Morgan fingerprint density at radius 1 is 0.711 bits per heavy atom. The second-order valence-corrected chi connectivity index (χ2v) is 10.5. The molecule has 2 nitrogen and oxygen atoms in total. The van der Waals surface area contributed by atoms with Crippen LogP contribution in [0.2, 0.25) is 0 Å². The van der Waals surface area contributed by atoms with Crippen LogP contribution in [0.4, 0.5) is 4.39 Å². The highest BCUT2D eigenvalue weighted by atomic mass is 19.1. The van der Waals surface area contributed by atoms with E-state index in [9.17, 15) is 0 Å². The van der Waals surface area contributed by atoms with Crippen molar-refractivity contribution in [1.82, 2.24) is 0 Å². The average Bonchev–Trinajstić information content (AvgIpc) is 3.28. The summed E-state index contributed by atoms with van der Waals surface area (Å²) < 4.78 is 24.4. The van der Waals surface area contributed by atoms with Crippen molar-refractivity contribution in [1.29, 1.82) is 0 Å². The van der Waals surface area contributed by atoms with Crippen molar-refractivity contribution in [3.05, 3.63) is 114 Å². The van der Waals surface area contributed by atoms with Gasteiger partial charge in [-0.2, -0.15) is 0 Å². The van der Waals surface area contributed by atoms with Crippen LogP contribution in [0.25, 0.3) is 55.4 Å². The second-order valence-electron chi connectivity index (χ2n) is 10.5. The molecular weight excluding hydrogens is 469 g/mol. The Bertz CT molecular complexity index is 1830. The molecule has 0 fully saturated rings. The van der Waals surface area contributed by atoms with Crippen molar-refractivity contribution in [2.75, 3.05) is 0 Å². The Labute approximate surface area is 223 Å². The minimum Gasteiger partial charge on any atom is -0.454 e. The van der Waals surface area contributed by atoms with Crippen LogP contribution in [0.5, 0.6) is 0 Å². The number of fused-ring (bicyclic) bond motifs is 3. The number of pyridine rings is 1. The van der Waals surface area contributed by atoms with Gasteiger partial charge in [0, 0.05) is 22.9 Å². The maximum atomic E-state index is 15.6. The molecule has 0 amide bonds. The molecule has 0 bridgehead atoms. The summed E-state index contributed by atoms with van der Waals surface area (Å²) in [5, 5.41) is 1.92.